The zero-order valence-electron chi connectivity index (χ0n) is 14.2. The second kappa shape index (κ2) is 7.45. The van der Waals surface area contributed by atoms with Crippen LogP contribution >= 0.6 is 0 Å². The summed E-state index contributed by atoms with van der Waals surface area (Å²) < 4.78 is 5.18. The van der Waals surface area contributed by atoms with E-state index >= 15 is 0 Å². The molecule has 1 atom stereocenters. The molecule has 0 aliphatic rings. The molecule has 5 heteroatoms. The van der Waals surface area contributed by atoms with Gasteiger partial charge in [-0.15, -0.1) is 0 Å². The highest BCUT2D eigenvalue weighted by atomic mass is 16.6. The Kier molecular flexibility index (Phi) is 5.57. The molecule has 2 aromatic rings. The number of rotatable bonds is 6. The molecular weight excluding hydrogens is 306 g/mol. The molecule has 0 radical (unpaired) electrons. The van der Waals surface area contributed by atoms with E-state index in [1.807, 2.05) is 42.5 Å². The second-order valence-corrected chi connectivity index (χ2v) is 6.74. The highest BCUT2D eigenvalue weighted by Crippen LogP contribution is 2.16. The third-order valence-corrected chi connectivity index (χ3v) is 3.46. The molecule has 5 nitrogen and oxygen atoms in total. The van der Waals surface area contributed by atoms with E-state index in [0.29, 0.717) is 6.42 Å². The Morgan fingerprint density at radius 1 is 1.12 bits per heavy atom. The maximum atomic E-state index is 11.7. The Morgan fingerprint density at radius 2 is 1.79 bits per heavy atom. The lowest BCUT2D eigenvalue weighted by molar-refractivity contribution is -0.154. The van der Waals surface area contributed by atoms with Crippen LogP contribution < -0.4 is 5.32 Å². The second-order valence-electron chi connectivity index (χ2n) is 6.74. The predicted molar refractivity (Wildman–Crippen MR) is 92.9 cm³/mol. The van der Waals surface area contributed by atoms with Gasteiger partial charge in [0, 0.05) is 0 Å². The summed E-state index contributed by atoms with van der Waals surface area (Å²) in [6.07, 6.45) is 0.295. The van der Waals surface area contributed by atoms with Crippen LogP contribution in [0.5, 0.6) is 0 Å². The Balaban J connectivity index is 2.02. The van der Waals surface area contributed by atoms with Crippen molar-refractivity contribution in [3.8, 4) is 0 Å². The van der Waals surface area contributed by atoms with Gasteiger partial charge in [0.15, 0.2) is 0 Å². The van der Waals surface area contributed by atoms with E-state index in [2.05, 4.69) is 5.32 Å². The molecular formula is C19H23NO4. The van der Waals surface area contributed by atoms with Gasteiger partial charge in [-0.25, -0.2) is 0 Å². The first-order chi connectivity index (χ1) is 11.2. The summed E-state index contributed by atoms with van der Waals surface area (Å²) in [4.78, 5) is 23.2. The van der Waals surface area contributed by atoms with Crippen LogP contribution in [0.2, 0.25) is 0 Å². The van der Waals surface area contributed by atoms with E-state index in [0.717, 1.165) is 16.3 Å². The first-order valence-corrected chi connectivity index (χ1v) is 7.90. The molecule has 0 aliphatic carbocycles. The summed E-state index contributed by atoms with van der Waals surface area (Å²) in [5.74, 6) is -1.46. The molecule has 0 aromatic heterocycles. The lowest BCUT2D eigenvalue weighted by Crippen LogP contribution is -2.42. The minimum absolute atomic E-state index is 0.137. The molecule has 0 bridgehead atoms. The van der Waals surface area contributed by atoms with Gasteiger partial charge in [-0.2, -0.15) is 0 Å². The van der Waals surface area contributed by atoms with Crippen LogP contribution in [0.15, 0.2) is 42.5 Å². The fourth-order valence-corrected chi connectivity index (χ4v) is 2.43. The molecule has 128 valence electrons. The third-order valence-electron chi connectivity index (χ3n) is 3.46. The van der Waals surface area contributed by atoms with Crippen molar-refractivity contribution in [2.75, 3.05) is 6.54 Å². The van der Waals surface area contributed by atoms with Gasteiger partial charge in [0.05, 0.1) is 6.54 Å². The van der Waals surface area contributed by atoms with E-state index in [-0.39, 0.29) is 6.54 Å². The van der Waals surface area contributed by atoms with Crippen LogP contribution in [0.25, 0.3) is 10.8 Å². The SMILES string of the molecule is CC(C)(C)OC(=O)CN[C@H](Cc1ccc2ccccc2c1)C(=O)O. The molecule has 0 saturated heterocycles. The highest BCUT2D eigenvalue weighted by molar-refractivity contribution is 5.83. The molecule has 0 aliphatic heterocycles. The molecule has 0 amide bonds. The number of benzene rings is 2. The number of carboxylic acids is 1. The van der Waals surface area contributed by atoms with Crippen molar-refractivity contribution >= 4 is 22.7 Å². The van der Waals surface area contributed by atoms with Gasteiger partial charge in [-0.3, -0.25) is 14.9 Å². The van der Waals surface area contributed by atoms with Crippen LogP contribution in [-0.2, 0) is 20.7 Å². The fourth-order valence-electron chi connectivity index (χ4n) is 2.43. The molecule has 0 saturated carbocycles. The Labute approximate surface area is 141 Å². The van der Waals surface area contributed by atoms with Crippen LogP contribution in [0.3, 0.4) is 0 Å². The van der Waals surface area contributed by atoms with Crippen LogP contribution in [0, 0.1) is 0 Å². The molecule has 0 unspecified atom stereocenters. The van der Waals surface area contributed by atoms with Gasteiger partial charge < -0.3 is 9.84 Å². The van der Waals surface area contributed by atoms with Crippen LogP contribution in [-0.4, -0.2) is 35.2 Å². The van der Waals surface area contributed by atoms with Crippen molar-refractivity contribution < 1.29 is 19.4 Å². The first-order valence-electron chi connectivity index (χ1n) is 7.90. The number of nitrogens with one attached hydrogen (secondary N) is 1. The number of ether oxygens (including phenoxy) is 1. The summed E-state index contributed by atoms with van der Waals surface area (Å²) in [5, 5.41) is 14.3. The molecule has 2 aromatic carbocycles. The number of esters is 1. The van der Waals surface area contributed by atoms with Crippen LogP contribution in [0.1, 0.15) is 26.3 Å². The van der Waals surface area contributed by atoms with Crippen molar-refractivity contribution in [3.05, 3.63) is 48.0 Å². The van der Waals surface area contributed by atoms with Crippen molar-refractivity contribution in [2.45, 2.75) is 38.8 Å². The van der Waals surface area contributed by atoms with E-state index in [4.69, 9.17) is 4.74 Å². The first kappa shape index (κ1) is 17.9. The van der Waals surface area contributed by atoms with Gasteiger partial charge in [-0.1, -0.05) is 42.5 Å². The number of hydrogen-bond acceptors (Lipinski definition) is 4. The summed E-state index contributed by atoms with van der Waals surface area (Å²) >= 11 is 0. The zero-order chi connectivity index (χ0) is 17.7. The van der Waals surface area contributed by atoms with Crippen molar-refractivity contribution in [3.63, 3.8) is 0 Å². The third kappa shape index (κ3) is 5.35. The monoisotopic (exact) mass is 329 g/mol. The molecule has 0 spiro atoms. The zero-order valence-corrected chi connectivity index (χ0v) is 14.2. The van der Waals surface area contributed by atoms with Gasteiger partial charge >= 0.3 is 11.9 Å². The fraction of sp³-hybridized carbons (Fsp3) is 0.368. The Bertz CT molecular complexity index is 733. The highest BCUT2D eigenvalue weighted by Gasteiger charge is 2.21. The van der Waals surface area contributed by atoms with E-state index in [1.54, 1.807) is 20.8 Å². The van der Waals surface area contributed by atoms with Crippen LogP contribution in [0.4, 0.5) is 0 Å². The molecule has 0 fully saturated rings. The maximum absolute atomic E-state index is 11.7. The lowest BCUT2D eigenvalue weighted by Gasteiger charge is -2.21. The smallest absolute Gasteiger partial charge is 0.321 e. The van der Waals surface area contributed by atoms with E-state index in [1.165, 1.54) is 0 Å². The average molecular weight is 329 g/mol. The summed E-state index contributed by atoms with van der Waals surface area (Å²) in [7, 11) is 0. The Morgan fingerprint density at radius 3 is 2.42 bits per heavy atom. The van der Waals surface area contributed by atoms with Crippen molar-refractivity contribution in [2.24, 2.45) is 0 Å². The van der Waals surface area contributed by atoms with E-state index < -0.39 is 23.6 Å². The summed E-state index contributed by atoms with van der Waals surface area (Å²) in [5.41, 5.74) is 0.313. The molecule has 2 N–H and O–H groups in total. The van der Waals surface area contributed by atoms with Crippen molar-refractivity contribution in [1.82, 2.24) is 5.32 Å². The number of carboxylic acid groups (broad SMARTS) is 1. The number of hydrogen-bond donors (Lipinski definition) is 2. The largest absolute Gasteiger partial charge is 0.480 e. The minimum atomic E-state index is -0.994. The lowest BCUT2D eigenvalue weighted by atomic mass is 10.0. The van der Waals surface area contributed by atoms with Gasteiger partial charge in [0.25, 0.3) is 0 Å². The quantitative estimate of drug-likeness (QED) is 0.797. The minimum Gasteiger partial charge on any atom is -0.480 e. The molecule has 2 rings (SSSR count). The standard InChI is InChI=1S/C19H23NO4/c1-19(2,3)24-17(21)12-20-16(18(22)23)11-13-8-9-14-6-4-5-7-15(14)10-13/h4-10,16,20H,11-12H2,1-3H3,(H,22,23)/t16-/m1/s1. The number of carbonyl (C=O) groups is 2. The number of carbonyl (C=O) groups excluding carboxylic acids is 1. The average Bonchev–Trinajstić information content (AvgIpc) is 2.49. The predicted octanol–water partition coefficient (Wildman–Crippen LogP) is 2.77. The topological polar surface area (TPSA) is 75.6 Å². The van der Waals surface area contributed by atoms with E-state index in [9.17, 15) is 14.7 Å². The number of fused-ring (bicyclic) bond motifs is 1. The summed E-state index contributed by atoms with van der Waals surface area (Å²) in [6.45, 7) is 5.18. The normalized spacial score (nSPS) is 12.8. The van der Waals surface area contributed by atoms with Crippen molar-refractivity contribution in [1.29, 1.82) is 0 Å². The maximum Gasteiger partial charge on any atom is 0.321 e. The van der Waals surface area contributed by atoms with Gasteiger partial charge in [0.1, 0.15) is 11.6 Å². The Hall–Kier alpha value is -2.40. The van der Waals surface area contributed by atoms with Gasteiger partial charge in [-0.05, 0) is 43.5 Å². The molecule has 0 heterocycles. The summed E-state index contributed by atoms with van der Waals surface area (Å²) in [6, 6.07) is 12.9. The molecule has 24 heavy (non-hydrogen) atoms. The number of aliphatic carboxylic acids is 1. The van der Waals surface area contributed by atoms with Gasteiger partial charge in [0.2, 0.25) is 0 Å².